The van der Waals surface area contributed by atoms with Crippen molar-refractivity contribution in [2.45, 2.75) is 33.4 Å². The second-order valence-electron chi connectivity index (χ2n) is 4.97. The highest BCUT2D eigenvalue weighted by Gasteiger charge is 2.13. The van der Waals surface area contributed by atoms with E-state index in [1.54, 1.807) is 0 Å². The summed E-state index contributed by atoms with van der Waals surface area (Å²) in [7, 11) is 1.94. The van der Waals surface area contributed by atoms with Crippen LogP contribution in [0.4, 0.5) is 0 Å². The van der Waals surface area contributed by atoms with Gasteiger partial charge in [0.2, 0.25) is 0 Å². The van der Waals surface area contributed by atoms with Gasteiger partial charge in [-0.1, -0.05) is 22.9 Å². The summed E-state index contributed by atoms with van der Waals surface area (Å²) >= 11 is 3.52. The van der Waals surface area contributed by atoms with E-state index in [2.05, 4.69) is 51.4 Å². The number of benzene rings is 1. The van der Waals surface area contributed by atoms with Gasteiger partial charge in [-0.2, -0.15) is 0 Å². The molecule has 0 amide bonds. The molecule has 0 bridgehead atoms. The Morgan fingerprint density at radius 1 is 1.38 bits per heavy atom. The molecule has 1 aromatic carbocycles. The molecule has 5 nitrogen and oxygen atoms in total. The Hall–Kier alpha value is -1.40. The number of rotatable bonds is 6. The maximum Gasteiger partial charge on any atom is 0.170 e. The number of hydrogen-bond donors (Lipinski definition) is 1. The lowest BCUT2D eigenvalue weighted by atomic mass is 10.1. The summed E-state index contributed by atoms with van der Waals surface area (Å²) in [6.07, 6.45) is 0. The second kappa shape index (κ2) is 7.04. The molecule has 1 N–H and O–H groups in total. The minimum absolute atomic E-state index is 0.226. The molecule has 0 spiro atoms. The summed E-state index contributed by atoms with van der Waals surface area (Å²) in [5.74, 6) is 2.57. The molecule has 0 saturated heterocycles. The fourth-order valence-electron chi connectivity index (χ4n) is 2.12. The molecular formula is C15H21BrN4O. The summed E-state index contributed by atoms with van der Waals surface area (Å²) in [5.41, 5.74) is 1.13. The van der Waals surface area contributed by atoms with Crippen LogP contribution < -0.4 is 10.1 Å². The molecule has 2 aromatic rings. The van der Waals surface area contributed by atoms with Gasteiger partial charge in [0.1, 0.15) is 18.2 Å². The highest BCUT2D eigenvalue weighted by atomic mass is 79.9. The molecule has 0 aliphatic rings. The zero-order chi connectivity index (χ0) is 15.4. The number of nitrogens with zero attached hydrogens (tertiary/aromatic N) is 3. The average molecular weight is 353 g/mol. The molecule has 21 heavy (non-hydrogen) atoms. The summed E-state index contributed by atoms with van der Waals surface area (Å²) < 4.78 is 8.94. The topological polar surface area (TPSA) is 52.0 Å². The third-order valence-corrected chi connectivity index (χ3v) is 3.98. The smallest absolute Gasteiger partial charge is 0.170 e. The van der Waals surface area contributed by atoms with Crippen molar-refractivity contribution in [2.24, 2.45) is 7.05 Å². The Bertz CT molecular complexity index is 612. The maximum absolute atomic E-state index is 5.96. The van der Waals surface area contributed by atoms with Crippen LogP contribution in [0.2, 0.25) is 0 Å². The first-order valence-corrected chi connectivity index (χ1v) is 7.82. The van der Waals surface area contributed by atoms with Gasteiger partial charge in [0.05, 0.1) is 0 Å². The molecule has 0 aliphatic heterocycles. The summed E-state index contributed by atoms with van der Waals surface area (Å²) in [6.45, 7) is 7.47. The van der Waals surface area contributed by atoms with E-state index >= 15 is 0 Å². The fourth-order valence-corrected chi connectivity index (χ4v) is 2.50. The minimum Gasteiger partial charge on any atom is -0.485 e. The van der Waals surface area contributed by atoms with E-state index < -0.39 is 0 Å². The lowest BCUT2D eigenvalue weighted by Crippen LogP contribution is -2.18. The first kappa shape index (κ1) is 16.0. The van der Waals surface area contributed by atoms with E-state index in [4.69, 9.17) is 4.74 Å². The molecule has 0 aliphatic carbocycles. The first-order valence-electron chi connectivity index (χ1n) is 7.03. The third kappa shape index (κ3) is 3.83. The van der Waals surface area contributed by atoms with E-state index in [9.17, 15) is 0 Å². The van der Waals surface area contributed by atoms with E-state index in [-0.39, 0.29) is 6.04 Å². The molecule has 114 valence electrons. The molecule has 0 radical (unpaired) electrons. The lowest BCUT2D eigenvalue weighted by Gasteiger charge is -2.18. The van der Waals surface area contributed by atoms with Crippen LogP contribution in [0.3, 0.4) is 0 Å². The third-order valence-electron chi connectivity index (χ3n) is 3.49. The van der Waals surface area contributed by atoms with Crippen molar-refractivity contribution < 1.29 is 4.74 Å². The van der Waals surface area contributed by atoms with Crippen LogP contribution in [0, 0.1) is 6.92 Å². The van der Waals surface area contributed by atoms with Crippen molar-refractivity contribution in [1.82, 2.24) is 20.1 Å². The van der Waals surface area contributed by atoms with Crippen LogP contribution in [-0.2, 0) is 13.7 Å². The van der Waals surface area contributed by atoms with Crippen LogP contribution in [0.25, 0.3) is 0 Å². The van der Waals surface area contributed by atoms with Gasteiger partial charge in [0.15, 0.2) is 5.82 Å². The average Bonchev–Trinajstić information content (AvgIpc) is 2.78. The van der Waals surface area contributed by atoms with Crippen molar-refractivity contribution in [2.75, 3.05) is 6.54 Å². The number of ether oxygens (including phenoxy) is 1. The highest BCUT2D eigenvalue weighted by Crippen LogP contribution is 2.29. The van der Waals surface area contributed by atoms with Gasteiger partial charge in [-0.25, -0.2) is 0 Å². The molecule has 1 unspecified atom stereocenters. The monoisotopic (exact) mass is 352 g/mol. The van der Waals surface area contributed by atoms with E-state index in [1.807, 2.05) is 30.7 Å². The summed E-state index contributed by atoms with van der Waals surface area (Å²) in [6, 6.07) is 6.28. The maximum atomic E-state index is 5.96. The molecule has 1 heterocycles. The Kier molecular flexibility index (Phi) is 5.36. The quantitative estimate of drug-likeness (QED) is 0.867. The van der Waals surface area contributed by atoms with Crippen LogP contribution in [0.15, 0.2) is 22.7 Å². The Balaban J connectivity index is 2.17. The van der Waals surface area contributed by atoms with Crippen LogP contribution in [0.1, 0.15) is 37.1 Å². The zero-order valence-electron chi connectivity index (χ0n) is 12.9. The van der Waals surface area contributed by atoms with E-state index in [0.29, 0.717) is 6.61 Å². The predicted molar refractivity (Wildman–Crippen MR) is 86.3 cm³/mol. The normalized spacial score (nSPS) is 12.4. The number of aromatic nitrogens is 3. The standard InChI is InChI=1S/C15H21BrN4O/c1-5-17-10(2)13-8-12(16)6-7-14(13)21-9-15-19-18-11(3)20(15)4/h6-8,10,17H,5,9H2,1-4H3. The van der Waals surface area contributed by atoms with Crippen molar-refractivity contribution in [3.05, 3.63) is 39.9 Å². The van der Waals surface area contributed by atoms with Crippen molar-refractivity contribution >= 4 is 15.9 Å². The molecular weight excluding hydrogens is 332 g/mol. The highest BCUT2D eigenvalue weighted by molar-refractivity contribution is 9.10. The van der Waals surface area contributed by atoms with Gasteiger partial charge in [-0.3, -0.25) is 0 Å². The molecule has 0 saturated carbocycles. The largest absolute Gasteiger partial charge is 0.485 e. The predicted octanol–water partition coefficient (Wildman–Crippen LogP) is 3.14. The Labute approximate surface area is 133 Å². The number of nitrogens with one attached hydrogen (secondary N) is 1. The van der Waals surface area contributed by atoms with Crippen molar-refractivity contribution in [1.29, 1.82) is 0 Å². The van der Waals surface area contributed by atoms with Crippen LogP contribution >= 0.6 is 15.9 Å². The first-order chi connectivity index (χ1) is 10.0. The minimum atomic E-state index is 0.226. The van der Waals surface area contributed by atoms with Crippen molar-refractivity contribution in [3.63, 3.8) is 0 Å². The van der Waals surface area contributed by atoms with Gasteiger partial charge < -0.3 is 14.6 Å². The van der Waals surface area contributed by atoms with Crippen LogP contribution in [0.5, 0.6) is 5.75 Å². The Morgan fingerprint density at radius 2 is 2.14 bits per heavy atom. The number of aryl methyl sites for hydroxylation is 1. The Morgan fingerprint density at radius 3 is 2.76 bits per heavy atom. The molecule has 1 aromatic heterocycles. The van der Waals surface area contributed by atoms with Gasteiger partial charge in [0.25, 0.3) is 0 Å². The fraction of sp³-hybridized carbons (Fsp3) is 0.467. The summed E-state index contributed by atoms with van der Waals surface area (Å²) in [5, 5.41) is 11.6. The molecule has 6 heteroatoms. The van der Waals surface area contributed by atoms with Crippen LogP contribution in [-0.4, -0.2) is 21.3 Å². The SMILES string of the molecule is CCNC(C)c1cc(Br)ccc1OCc1nnc(C)n1C. The van der Waals surface area contributed by atoms with E-state index in [0.717, 1.165) is 34.0 Å². The van der Waals surface area contributed by atoms with Gasteiger partial charge in [-0.15, -0.1) is 10.2 Å². The van der Waals surface area contributed by atoms with E-state index in [1.165, 1.54) is 0 Å². The van der Waals surface area contributed by atoms with Gasteiger partial charge in [-0.05, 0) is 38.6 Å². The molecule has 0 fully saturated rings. The molecule has 1 atom stereocenters. The zero-order valence-corrected chi connectivity index (χ0v) is 14.4. The molecule has 2 rings (SSSR count). The summed E-state index contributed by atoms with van der Waals surface area (Å²) in [4.78, 5) is 0. The number of hydrogen-bond acceptors (Lipinski definition) is 4. The second-order valence-corrected chi connectivity index (χ2v) is 5.89. The number of halogens is 1. The lowest BCUT2D eigenvalue weighted by molar-refractivity contribution is 0.285. The van der Waals surface area contributed by atoms with Crippen molar-refractivity contribution in [3.8, 4) is 5.75 Å². The van der Waals surface area contributed by atoms with Gasteiger partial charge in [0, 0.05) is 23.1 Å². The van der Waals surface area contributed by atoms with Gasteiger partial charge >= 0.3 is 0 Å².